The molecule has 0 atom stereocenters. The molecule has 5 nitrogen and oxygen atoms in total. The van der Waals surface area contributed by atoms with E-state index >= 15 is 0 Å². The smallest absolute Gasteiger partial charge is 0.289 e. The minimum Gasteiger partial charge on any atom is -0.355 e. The van der Waals surface area contributed by atoms with Gasteiger partial charge in [-0.2, -0.15) is 0 Å². The summed E-state index contributed by atoms with van der Waals surface area (Å²) in [5.41, 5.74) is 3.37. The zero-order valence-electron chi connectivity index (χ0n) is 15.5. The van der Waals surface area contributed by atoms with E-state index in [1.807, 2.05) is 54.6 Å². The first-order valence-electron chi connectivity index (χ1n) is 9.16. The fourth-order valence-electron chi connectivity index (χ4n) is 3.16. The number of nitrogens with zero attached hydrogens (tertiary/aromatic N) is 2. The highest BCUT2D eigenvalue weighted by molar-refractivity contribution is 8.18. The van der Waals surface area contributed by atoms with Gasteiger partial charge in [0, 0.05) is 10.6 Å². The molecule has 1 amide bonds. The molecule has 3 aromatic carbocycles. The third-order valence-electron chi connectivity index (χ3n) is 4.56. The van der Waals surface area contributed by atoms with E-state index in [0.29, 0.717) is 22.3 Å². The molecule has 1 aliphatic heterocycles. The Bertz CT molecular complexity index is 1310. The maximum atomic E-state index is 12.0. The summed E-state index contributed by atoms with van der Waals surface area (Å²) in [7, 11) is 0. The fourth-order valence-corrected chi connectivity index (χ4v) is 4.02. The number of halogens is 1. The van der Waals surface area contributed by atoms with E-state index in [4.69, 9.17) is 16.1 Å². The average molecular weight is 432 g/mol. The molecule has 4 aromatic rings. The van der Waals surface area contributed by atoms with Gasteiger partial charge in [0.2, 0.25) is 0 Å². The van der Waals surface area contributed by atoms with Crippen molar-refractivity contribution in [3.05, 3.63) is 88.3 Å². The van der Waals surface area contributed by atoms with E-state index in [1.54, 1.807) is 24.3 Å². The van der Waals surface area contributed by atoms with Crippen LogP contribution in [0.4, 0.5) is 10.5 Å². The van der Waals surface area contributed by atoms with Crippen LogP contribution in [0.25, 0.3) is 28.3 Å². The van der Waals surface area contributed by atoms with Gasteiger partial charge in [-0.25, -0.2) is 4.99 Å². The standard InChI is InChI=1S/C23H14ClN3O2S/c24-16-7-9-17(10-8-16)25-22-20(30-23(28)26-22)13-14-6-11-19-18(12-14)21(29-27-19)15-4-2-1-3-5-15/h1-13H,(H,25,26,28). The van der Waals surface area contributed by atoms with Crippen LogP contribution in [0, 0.1) is 0 Å². The zero-order valence-corrected chi connectivity index (χ0v) is 17.1. The number of amidine groups is 1. The van der Waals surface area contributed by atoms with Gasteiger partial charge in [-0.05, 0) is 59.8 Å². The molecule has 1 aromatic heterocycles. The molecule has 5 rings (SSSR count). The van der Waals surface area contributed by atoms with Crippen LogP contribution >= 0.6 is 23.4 Å². The summed E-state index contributed by atoms with van der Waals surface area (Å²) >= 11 is 7.05. The Balaban J connectivity index is 1.54. The second-order valence-corrected chi connectivity index (χ2v) is 8.07. The van der Waals surface area contributed by atoms with Crippen molar-refractivity contribution in [3.8, 4) is 11.3 Å². The number of fused-ring (bicyclic) bond motifs is 1. The van der Waals surface area contributed by atoms with Gasteiger partial charge in [0.05, 0.1) is 16.0 Å². The van der Waals surface area contributed by atoms with Gasteiger partial charge < -0.3 is 9.84 Å². The van der Waals surface area contributed by atoms with E-state index in [2.05, 4.69) is 15.5 Å². The number of benzene rings is 3. The second kappa shape index (κ2) is 7.82. The Morgan fingerprint density at radius 3 is 2.63 bits per heavy atom. The van der Waals surface area contributed by atoms with Crippen LogP contribution in [0.15, 0.2) is 87.2 Å². The molecular weight excluding hydrogens is 418 g/mol. The van der Waals surface area contributed by atoms with Crippen molar-refractivity contribution >= 4 is 57.1 Å². The van der Waals surface area contributed by atoms with Crippen LogP contribution in [0.5, 0.6) is 0 Å². The number of carbonyl (C=O) groups excluding carboxylic acids is 1. The van der Waals surface area contributed by atoms with E-state index in [0.717, 1.165) is 38.7 Å². The molecular formula is C23H14ClN3O2S. The molecule has 146 valence electrons. The maximum absolute atomic E-state index is 12.0. The van der Waals surface area contributed by atoms with Crippen molar-refractivity contribution in [2.24, 2.45) is 4.99 Å². The Kier molecular flexibility index (Phi) is 4.86. The summed E-state index contributed by atoms with van der Waals surface area (Å²) in [5, 5.41) is 8.34. The van der Waals surface area contributed by atoms with E-state index < -0.39 is 0 Å². The third kappa shape index (κ3) is 3.75. The molecule has 0 saturated carbocycles. The topological polar surface area (TPSA) is 67.5 Å². The van der Waals surface area contributed by atoms with Crippen LogP contribution in [0.1, 0.15) is 5.56 Å². The molecule has 0 bridgehead atoms. The van der Waals surface area contributed by atoms with Gasteiger partial charge in [0.1, 0.15) is 11.4 Å². The van der Waals surface area contributed by atoms with Crippen LogP contribution in [0.3, 0.4) is 0 Å². The molecule has 30 heavy (non-hydrogen) atoms. The molecule has 1 saturated heterocycles. The highest BCUT2D eigenvalue weighted by atomic mass is 35.5. The van der Waals surface area contributed by atoms with Gasteiger partial charge in [0.25, 0.3) is 5.24 Å². The quantitative estimate of drug-likeness (QED) is 0.393. The Morgan fingerprint density at radius 2 is 1.83 bits per heavy atom. The van der Waals surface area contributed by atoms with Gasteiger partial charge in [-0.15, -0.1) is 0 Å². The normalized spacial score (nSPS) is 16.5. The van der Waals surface area contributed by atoms with Crippen LogP contribution < -0.4 is 5.32 Å². The summed E-state index contributed by atoms with van der Waals surface area (Å²) < 4.78 is 5.58. The SMILES string of the molecule is O=C1NC(=Nc2ccc(Cl)cc2)C(=Cc2ccc3noc(-c4ccccc4)c3c2)S1. The second-order valence-electron chi connectivity index (χ2n) is 6.61. The number of aliphatic imine (C=N–C) groups is 1. The maximum Gasteiger partial charge on any atom is 0.289 e. The molecule has 1 aliphatic rings. The molecule has 0 radical (unpaired) electrons. The molecule has 2 heterocycles. The van der Waals surface area contributed by atoms with Crippen molar-refractivity contribution < 1.29 is 9.32 Å². The summed E-state index contributed by atoms with van der Waals surface area (Å²) in [6.45, 7) is 0. The van der Waals surface area contributed by atoms with Crippen LogP contribution in [0.2, 0.25) is 5.02 Å². The van der Waals surface area contributed by atoms with Gasteiger partial charge >= 0.3 is 0 Å². The first-order valence-corrected chi connectivity index (χ1v) is 10.4. The Hall–Kier alpha value is -3.35. The molecule has 1 fully saturated rings. The first kappa shape index (κ1) is 18.7. The van der Waals surface area contributed by atoms with Crippen molar-refractivity contribution in [2.45, 2.75) is 0 Å². The van der Waals surface area contributed by atoms with Gasteiger partial charge in [0.15, 0.2) is 5.76 Å². The number of hydrogen-bond acceptors (Lipinski definition) is 5. The monoisotopic (exact) mass is 431 g/mol. The van der Waals surface area contributed by atoms with Crippen LogP contribution in [-0.2, 0) is 0 Å². The largest absolute Gasteiger partial charge is 0.355 e. The zero-order chi connectivity index (χ0) is 20.5. The minimum atomic E-state index is -0.162. The van der Waals surface area contributed by atoms with Crippen molar-refractivity contribution in [1.82, 2.24) is 10.5 Å². The highest BCUT2D eigenvalue weighted by Gasteiger charge is 2.23. The van der Waals surface area contributed by atoms with Crippen LogP contribution in [-0.4, -0.2) is 16.2 Å². The lowest BCUT2D eigenvalue weighted by Crippen LogP contribution is -2.18. The highest BCUT2D eigenvalue weighted by Crippen LogP contribution is 2.32. The number of rotatable bonds is 3. The Morgan fingerprint density at radius 1 is 1.03 bits per heavy atom. The third-order valence-corrected chi connectivity index (χ3v) is 5.63. The lowest BCUT2D eigenvalue weighted by molar-refractivity contribution is 0.265. The predicted octanol–water partition coefficient (Wildman–Crippen LogP) is 6.68. The predicted molar refractivity (Wildman–Crippen MR) is 122 cm³/mol. The minimum absolute atomic E-state index is 0.162. The van der Waals surface area contributed by atoms with Crippen molar-refractivity contribution in [1.29, 1.82) is 0 Å². The fraction of sp³-hybridized carbons (Fsp3) is 0. The van der Waals surface area contributed by atoms with Gasteiger partial charge in [-0.1, -0.05) is 53.2 Å². The summed E-state index contributed by atoms with van der Waals surface area (Å²) in [6, 6.07) is 22.8. The van der Waals surface area contributed by atoms with Gasteiger partial charge in [-0.3, -0.25) is 4.79 Å². The number of carbonyl (C=O) groups is 1. The van der Waals surface area contributed by atoms with Crippen molar-refractivity contribution in [3.63, 3.8) is 0 Å². The average Bonchev–Trinajstić information content (AvgIpc) is 3.33. The Labute approximate surface area is 181 Å². The lowest BCUT2D eigenvalue weighted by atomic mass is 10.1. The number of aromatic nitrogens is 1. The summed E-state index contributed by atoms with van der Waals surface area (Å²) in [6.07, 6.45) is 1.93. The number of thioether (sulfide) groups is 1. The molecule has 1 N–H and O–H groups in total. The lowest BCUT2D eigenvalue weighted by Gasteiger charge is -2.01. The summed E-state index contributed by atoms with van der Waals surface area (Å²) in [5.74, 6) is 1.23. The molecule has 7 heteroatoms. The van der Waals surface area contributed by atoms with E-state index in [1.165, 1.54) is 0 Å². The number of hydrogen-bond donors (Lipinski definition) is 1. The van der Waals surface area contributed by atoms with E-state index in [9.17, 15) is 4.79 Å². The molecule has 0 aliphatic carbocycles. The van der Waals surface area contributed by atoms with E-state index in [-0.39, 0.29) is 5.24 Å². The number of nitrogens with one attached hydrogen (secondary N) is 1. The molecule has 0 unspecified atom stereocenters. The first-order chi connectivity index (χ1) is 14.7. The van der Waals surface area contributed by atoms with Crippen molar-refractivity contribution in [2.75, 3.05) is 0 Å². The number of amides is 1. The summed E-state index contributed by atoms with van der Waals surface area (Å²) in [4.78, 5) is 17.3. The molecule has 0 spiro atoms.